The Bertz CT molecular complexity index is 836. The molecular formula is C24H35N5O2. The highest BCUT2D eigenvalue weighted by Gasteiger charge is 2.14. The minimum Gasteiger partial charge on any atom is -0.475 e. The molecule has 1 atom stereocenters. The summed E-state index contributed by atoms with van der Waals surface area (Å²) in [5.41, 5.74) is 3.50. The van der Waals surface area contributed by atoms with Gasteiger partial charge in [0.15, 0.2) is 5.96 Å². The molecule has 1 aromatic heterocycles. The van der Waals surface area contributed by atoms with Gasteiger partial charge in [-0.2, -0.15) is 0 Å². The predicted molar refractivity (Wildman–Crippen MR) is 126 cm³/mol. The van der Waals surface area contributed by atoms with Crippen LogP contribution in [0, 0.1) is 0 Å². The zero-order chi connectivity index (χ0) is 21.9. The van der Waals surface area contributed by atoms with Crippen molar-refractivity contribution >= 4 is 11.6 Å². The Kier molecular flexibility index (Phi) is 8.97. The molecule has 1 unspecified atom stereocenters. The first-order valence-corrected chi connectivity index (χ1v) is 11.2. The lowest BCUT2D eigenvalue weighted by molar-refractivity contribution is 0.143. The molecule has 0 bridgehead atoms. The van der Waals surface area contributed by atoms with Gasteiger partial charge in [-0.1, -0.05) is 18.2 Å². The van der Waals surface area contributed by atoms with Gasteiger partial charge in [0.25, 0.3) is 0 Å². The number of guanidine groups is 1. The SMILES string of the molecule is CCNC(=NCc1cccnc1OCCOC)NC(C)c1cccc(N2CCCC2)c1. The van der Waals surface area contributed by atoms with Crippen molar-refractivity contribution in [2.75, 3.05) is 44.9 Å². The summed E-state index contributed by atoms with van der Waals surface area (Å²) >= 11 is 0. The van der Waals surface area contributed by atoms with Crippen LogP contribution in [0.15, 0.2) is 47.6 Å². The summed E-state index contributed by atoms with van der Waals surface area (Å²) in [5.74, 6) is 1.37. The first-order chi connectivity index (χ1) is 15.2. The molecule has 0 aliphatic carbocycles. The number of anilines is 1. The number of hydrogen-bond acceptors (Lipinski definition) is 5. The molecule has 1 aliphatic heterocycles. The van der Waals surface area contributed by atoms with Crippen molar-refractivity contribution < 1.29 is 9.47 Å². The molecule has 0 saturated carbocycles. The van der Waals surface area contributed by atoms with E-state index in [1.807, 2.05) is 12.1 Å². The Morgan fingerprint density at radius 2 is 2.03 bits per heavy atom. The number of hydrogen-bond donors (Lipinski definition) is 2. The minimum absolute atomic E-state index is 0.131. The predicted octanol–water partition coefficient (Wildman–Crippen LogP) is 3.52. The molecule has 1 fully saturated rings. The zero-order valence-electron chi connectivity index (χ0n) is 18.9. The summed E-state index contributed by atoms with van der Waals surface area (Å²) in [7, 11) is 1.66. The summed E-state index contributed by atoms with van der Waals surface area (Å²) in [4.78, 5) is 11.6. The molecule has 7 heteroatoms. The van der Waals surface area contributed by atoms with Gasteiger partial charge in [0.1, 0.15) is 6.61 Å². The zero-order valence-corrected chi connectivity index (χ0v) is 18.9. The van der Waals surface area contributed by atoms with Crippen LogP contribution in [0.2, 0.25) is 0 Å². The number of methoxy groups -OCH3 is 1. The minimum atomic E-state index is 0.131. The first kappa shape index (κ1) is 22.9. The Balaban J connectivity index is 1.67. The first-order valence-electron chi connectivity index (χ1n) is 11.2. The number of aromatic nitrogens is 1. The topological polar surface area (TPSA) is 71.0 Å². The van der Waals surface area contributed by atoms with Crippen LogP contribution in [-0.4, -0.2) is 50.9 Å². The fourth-order valence-electron chi connectivity index (χ4n) is 3.63. The Morgan fingerprint density at radius 1 is 1.19 bits per heavy atom. The molecule has 0 spiro atoms. The van der Waals surface area contributed by atoms with E-state index in [2.05, 4.69) is 58.6 Å². The molecule has 0 radical (unpaired) electrons. The third kappa shape index (κ3) is 6.85. The largest absolute Gasteiger partial charge is 0.475 e. The normalized spacial score (nSPS) is 15.1. The fourth-order valence-corrected chi connectivity index (χ4v) is 3.63. The smallest absolute Gasteiger partial charge is 0.218 e. The van der Waals surface area contributed by atoms with E-state index >= 15 is 0 Å². The lowest BCUT2D eigenvalue weighted by Gasteiger charge is -2.22. The molecule has 3 rings (SSSR count). The number of ether oxygens (including phenoxy) is 2. The average Bonchev–Trinajstić information content (AvgIpc) is 3.34. The van der Waals surface area contributed by atoms with Gasteiger partial charge < -0.3 is 25.0 Å². The average molecular weight is 426 g/mol. The molecule has 1 aromatic carbocycles. The van der Waals surface area contributed by atoms with Crippen LogP contribution in [0.3, 0.4) is 0 Å². The quantitative estimate of drug-likeness (QED) is 0.345. The maximum Gasteiger partial charge on any atom is 0.218 e. The van der Waals surface area contributed by atoms with Crippen LogP contribution in [0.4, 0.5) is 5.69 Å². The lowest BCUT2D eigenvalue weighted by Crippen LogP contribution is -2.38. The molecule has 1 aliphatic rings. The van der Waals surface area contributed by atoms with Gasteiger partial charge >= 0.3 is 0 Å². The van der Waals surface area contributed by atoms with Crippen molar-refractivity contribution in [2.24, 2.45) is 4.99 Å². The van der Waals surface area contributed by atoms with Crippen LogP contribution >= 0.6 is 0 Å². The van der Waals surface area contributed by atoms with E-state index < -0.39 is 0 Å². The second kappa shape index (κ2) is 12.2. The van der Waals surface area contributed by atoms with Crippen LogP contribution in [0.1, 0.15) is 43.9 Å². The van der Waals surface area contributed by atoms with Crippen molar-refractivity contribution in [1.82, 2.24) is 15.6 Å². The van der Waals surface area contributed by atoms with Crippen molar-refractivity contribution in [1.29, 1.82) is 0 Å². The number of rotatable bonds is 10. The van der Waals surface area contributed by atoms with Gasteiger partial charge in [0, 0.05) is 44.2 Å². The van der Waals surface area contributed by atoms with Crippen molar-refractivity contribution in [3.05, 3.63) is 53.7 Å². The van der Waals surface area contributed by atoms with E-state index in [-0.39, 0.29) is 6.04 Å². The molecule has 2 aromatic rings. The van der Waals surface area contributed by atoms with Crippen LogP contribution in [-0.2, 0) is 11.3 Å². The number of pyridine rings is 1. The van der Waals surface area contributed by atoms with E-state index in [1.165, 1.54) is 24.1 Å². The monoisotopic (exact) mass is 425 g/mol. The Labute approximate surface area is 185 Å². The molecule has 31 heavy (non-hydrogen) atoms. The summed E-state index contributed by atoms with van der Waals surface area (Å²) < 4.78 is 10.8. The van der Waals surface area contributed by atoms with E-state index in [9.17, 15) is 0 Å². The third-order valence-electron chi connectivity index (χ3n) is 5.32. The number of nitrogens with one attached hydrogen (secondary N) is 2. The van der Waals surface area contributed by atoms with Gasteiger partial charge in [0.05, 0.1) is 19.2 Å². The lowest BCUT2D eigenvalue weighted by atomic mass is 10.1. The number of aliphatic imine (C=N–C) groups is 1. The van der Waals surface area contributed by atoms with Crippen LogP contribution < -0.4 is 20.3 Å². The van der Waals surface area contributed by atoms with Crippen molar-refractivity contribution in [3.63, 3.8) is 0 Å². The van der Waals surface area contributed by atoms with E-state index in [0.717, 1.165) is 31.2 Å². The van der Waals surface area contributed by atoms with E-state index in [1.54, 1.807) is 13.3 Å². The van der Waals surface area contributed by atoms with Crippen LogP contribution in [0.5, 0.6) is 5.88 Å². The summed E-state index contributed by atoms with van der Waals surface area (Å²) in [6.45, 7) is 8.79. The summed E-state index contributed by atoms with van der Waals surface area (Å²) in [5, 5.41) is 6.88. The standard InChI is InChI=1S/C24H35N5O2/c1-4-25-24(27-18-21-10-8-12-26-23(21)31-16-15-30-3)28-19(2)20-9-7-11-22(17-20)29-13-5-6-14-29/h7-12,17,19H,4-6,13-16,18H2,1-3H3,(H2,25,27,28). The maximum absolute atomic E-state index is 5.73. The van der Waals surface area contributed by atoms with Crippen molar-refractivity contribution in [3.8, 4) is 5.88 Å². The van der Waals surface area contributed by atoms with Crippen LogP contribution in [0.25, 0.3) is 0 Å². The Hall–Kier alpha value is -2.80. The second-order valence-electron chi connectivity index (χ2n) is 7.66. The van der Waals surface area contributed by atoms with Gasteiger partial charge in [-0.05, 0) is 50.5 Å². The molecule has 1 saturated heterocycles. The molecule has 2 heterocycles. The number of nitrogens with zero attached hydrogens (tertiary/aromatic N) is 3. The maximum atomic E-state index is 5.73. The summed E-state index contributed by atoms with van der Waals surface area (Å²) in [6.07, 6.45) is 4.29. The molecule has 7 nitrogen and oxygen atoms in total. The third-order valence-corrected chi connectivity index (χ3v) is 5.32. The molecule has 0 amide bonds. The van der Waals surface area contributed by atoms with E-state index in [0.29, 0.717) is 25.6 Å². The highest BCUT2D eigenvalue weighted by molar-refractivity contribution is 5.80. The highest BCUT2D eigenvalue weighted by atomic mass is 16.5. The van der Waals surface area contributed by atoms with Gasteiger partial charge in [0.2, 0.25) is 5.88 Å². The molecular weight excluding hydrogens is 390 g/mol. The summed E-state index contributed by atoms with van der Waals surface area (Å²) in [6, 6.07) is 12.8. The second-order valence-corrected chi connectivity index (χ2v) is 7.66. The van der Waals surface area contributed by atoms with Gasteiger partial charge in [-0.3, -0.25) is 0 Å². The molecule has 168 valence electrons. The Morgan fingerprint density at radius 3 is 2.81 bits per heavy atom. The molecule has 2 N–H and O–H groups in total. The van der Waals surface area contributed by atoms with Gasteiger partial charge in [-0.15, -0.1) is 0 Å². The fraction of sp³-hybridized carbons (Fsp3) is 0.500. The van der Waals surface area contributed by atoms with E-state index in [4.69, 9.17) is 14.5 Å². The van der Waals surface area contributed by atoms with Crippen molar-refractivity contribution in [2.45, 2.75) is 39.3 Å². The van der Waals surface area contributed by atoms with Gasteiger partial charge in [-0.25, -0.2) is 9.98 Å². The number of benzene rings is 1. The highest BCUT2D eigenvalue weighted by Crippen LogP contribution is 2.24.